The first kappa shape index (κ1) is 28.2. The molecule has 2 aliphatic rings. The van der Waals surface area contributed by atoms with Crippen molar-refractivity contribution in [3.63, 3.8) is 0 Å². The Kier molecular flexibility index (Phi) is 9.00. The van der Waals surface area contributed by atoms with Crippen LogP contribution in [0.5, 0.6) is 0 Å². The number of anilines is 1. The van der Waals surface area contributed by atoms with Crippen molar-refractivity contribution in [3.8, 4) is 0 Å². The number of aromatic nitrogens is 1. The highest BCUT2D eigenvalue weighted by Crippen LogP contribution is 2.40. The van der Waals surface area contributed by atoms with Crippen molar-refractivity contribution >= 4 is 57.5 Å². The number of carboxylic acid groups (broad SMARTS) is 1. The van der Waals surface area contributed by atoms with Gasteiger partial charge in [0.2, 0.25) is 0 Å². The van der Waals surface area contributed by atoms with Gasteiger partial charge in [-0.05, 0) is 5.57 Å². The standard InChI is InChI=1S/C20H23N5O10S2/c1-2-7-5-36-18-12(17(32)25(18)13(7)19(33)34)23-16(31)11(24-35)9-6-37-20(22-9)21-8(3-26)14(29)15(30)10(28)4-27/h2,6,8,10,12,15,18,26-28,30,35H,1,3-5H2,(H,21,22)(H,23,31)(H,33,34)/b24-11-/t8?,10-,12-,15-,18-/m1/s1. The third-order valence-electron chi connectivity index (χ3n) is 5.46. The van der Waals surface area contributed by atoms with E-state index in [0.717, 1.165) is 16.2 Å². The van der Waals surface area contributed by atoms with Crippen LogP contribution in [0.25, 0.3) is 0 Å². The lowest BCUT2D eigenvalue weighted by atomic mass is 10.0. The molecule has 17 heteroatoms. The molecule has 1 fully saturated rings. The number of amides is 2. The number of aliphatic carboxylic acids is 1. The van der Waals surface area contributed by atoms with Crippen LogP contribution in [-0.2, 0) is 19.2 Å². The van der Waals surface area contributed by atoms with E-state index in [1.165, 1.54) is 23.2 Å². The van der Waals surface area contributed by atoms with E-state index in [1.54, 1.807) is 0 Å². The zero-order chi connectivity index (χ0) is 27.4. The van der Waals surface area contributed by atoms with E-state index in [9.17, 15) is 44.8 Å². The molecule has 2 aliphatic heterocycles. The average Bonchev–Trinajstić information content (AvgIpc) is 3.36. The molecule has 2 amide bonds. The maximum atomic E-state index is 12.8. The highest BCUT2D eigenvalue weighted by molar-refractivity contribution is 8.00. The van der Waals surface area contributed by atoms with Gasteiger partial charge in [0.15, 0.2) is 16.6 Å². The van der Waals surface area contributed by atoms with E-state index in [-0.39, 0.29) is 22.3 Å². The van der Waals surface area contributed by atoms with Crippen LogP contribution < -0.4 is 10.6 Å². The summed E-state index contributed by atoms with van der Waals surface area (Å²) in [6, 6.07) is -2.51. The largest absolute Gasteiger partial charge is 0.477 e. The van der Waals surface area contributed by atoms with Gasteiger partial charge in [-0.1, -0.05) is 17.8 Å². The summed E-state index contributed by atoms with van der Waals surface area (Å²) in [5.41, 5.74) is -0.595. The first-order valence-corrected chi connectivity index (χ1v) is 12.4. The maximum absolute atomic E-state index is 12.8. The van der Waals surface area contributed by atoms with Crippen molar-refractivity contribution < 1.29 is 49.9 Å². The van der Waals surface area contributed by atoms with E-state index in [1.807, 2.05) is 0 Å². The molecule has 5 atom stereocenters. The SMILES string of the molecule is C=CC1=C(C(=O)O)N2C(=O)[C@@H](NC(=O)/C(=N\O)c3csc(NC(CO)C(=O)[C@H](O)[C@H](O)CO)n3)[C@H]2SC1. The minimum atomic E-state index is -1.98. The molecule has 0 aromatic carbocycles. The molecule has 0 saturated carbocycles. The van der Waals surface area contributed by atoms with Gasteiger partial charge in [-0.2, -0.15) is 0 Å². The van der Waals surface area contributed by atoms with Crippen LogP contribution >= 0.6 is 23.1 Å². The Morgan fingerprint density at radius 1 is 1.30 bits per heavy atom. The second-order valence-electron chi connectivity index (χ2n) is 7.71. The summed E-state index contributed by atoms with van der Waals surface area (Å²) in [5.74, 6) is -3.74. The van der Waals surface area contributed by atoms with E-state index in [0.29, 0.717) is 5.57 Å². The summed E-state index contributed by atoms with van der Waals surface area (Å²) < 4.78 is 0. The van der Waals surface area contributed by atoms with Crippen LogP contribution in [-0.4, -0.2) is 119 Å². The van der Waals surface area contributed by atoms with Gasteiger partial charge in [-0.15, -0.1) is 23.1 Å². The normalized spacial score (nSPS) is 21.9. The van der Waals surface area contributed by atoms with Gasteiger partial charge in [0.25, 0.3) is 11.8 Å². The fourth-order valence-electron chi connectivity index (χ4n) is 3.52. The Balaban J connectivity index is 1.69. The number of aliphatic hydroxyl groups is 4. The number of thiazole rings is 1. The molecule has 15 nitrogen and oxygen atoms in total. The zero-order valence-corrected chi connectivity index (χ0v) is 20.5. The third-order valence-corrected chi connectivity index (χ3v) is 7.54. The topological polar surface area (TPSA) is 242 Å². The number of allylic oxidation sites excluding steroid dienone is 1. The summed E-state index contributed by atoms with van der Waals surface area (Å²) in [5, 5.41) is 64.8. The number of carbonyl (C=O) groups is 4. The van der Waals surface area contributed by atoms with Crippen molar-refractivity contribution in [1.29, 1.82) is 0 Å². The number of nitrogens with one attached hydrogen (secondary N) is 2. The highest BCUT2D eigenvalue weighted by Gasteiger charge is 2.54. The van der Waals surface area contributed by atoms with Crippen molar-refractivity contribution in [3.05, 3.63) is 35.0 Å². The number of ketones is 1. The fourth-order valence-corrected chi connectivity index (χ4v) is 5.61. The number of β-lactam (4-membered cyclic amide) rings is 1. The second-order valence-corrected chi connectivity index (χ2v) is 9.67. The molecule has 0 aliphatic carbocycles. The summed E-state index contributed by atoms with van der Waals surface area (Å²) >= 11 is 2.07. The Morgan fingerprint density at radius 2 is 2.00 bits per heavy atom. The molecule has 200 valence electrons. The van der Waals surface area contributed by atoms with Crippen molar-refractivity contribution in [2.75, 3.05) is 24.3 Å². The molecule has 1 aromatic heterocycles. The van der Waals surface area contributed by atoms with E-state index >= 15 is 0 Å². The lowest BCUT2D eigenvalue weighted by Gasteiger charge is -2.49. The quantitative estimate of drug-likeness (QED) is 0.0565. The molecule has 1 aromatic rings. The highest BCUT2D eigenvalue weighted by atomic mass is 32.2. The predicted molar refractivity (Wildman–Crippen MR) is 129 cm³/mol. The number of hydrogen-bond donors (Lipinski definition) is 8. The summed E-state index contributed by atoms with van der Waals surface area (Å²) in [6.07, 6.45) is -2.39. The van der Waals surface area contributed by atoms with E-state index < -0.39 is 72.2 Å². The van der Waals surface area contributed by atoms with Gasteiger partial charge in [-0.25, -0.2) is 9.78 Å². The van der Waals surface area contributed by atoms with Gasteiger partial charge in [0.1, 0.15) is 41.1 Å². The van der Waals surface area contributed by atoms with Gasteiger partial charge < -0.3 is 41.4 Å². The van der Waals surface area contributed by atoms with Crippen LogP contribution in [0.4, 0.5) is 5.13 Å². The van der Waals surface area contributed by atoms with E-state index in [4.69, 9.17) is 5.11 Å². The first-order chi connectivity index (χ1) is 17.6. The number of carboxylic acids is 1. The molecule has 1 unspecified atom stereocenters. The number of Topliss-reactive ketones (excluding diaryl/α,β-unsaturated/α-hetero) is 1. The Bertz CT molecular complexity index is 1170. The minimum Gasteiger partial charge on any atom is -0.477 e. The summed E-state index contributed by atoms with van der Waals surface area (Å²) in [4.78, 5) is 54.3. The molecule has 8 N–H and O–H groups in total. The Hall–Kier alpha value is -3.35. The molecule has 0 radical (unpaired) electrons. The van der Waals surface area contributed by atoms with Gasteiger partial charge in [-0.3, -0.25) is 19.3 Å². The minimum absolute atomic E-state index is 0.0241. The average molecular weight is 558 g/mol. The molecule has 3 heterocycles. The molecule has 1 saturated heterocycles. The van der Waals surface area contributed by atoms with Gasteiger partial charge in [0, 0.05) is 11.1 Å². The van der Waals surface area contributed by atoms with Crippen molar-refractivity contribution in [2.24, 2.45) is 5.16 Å². The number of rotatable bonds is 12. The zero-order valence-electron chi connectivity index (χ0n) is 18.8. The van der Waals surface area contributed by atoms with Crippen molar-refractivity contribution in [1.82, 2.24) is 15.2 Å². The van der Waals surface area contributed by atoms with Crippen LogP contribution in [0, 0.1) is 0 Å². The number of oxime groups is 1. The molecular formula is C20H23N5O10S2. The third kappa shape index (κ3) is 5.50. The number of fused-ring (bicyclic) bond motifs is 1. The number of aliphatic hydroxyl groups excluding tert-OH is 4. The van der Waals surface area contributed by atoms with Gasteiger partial charge in [0.05, 0.1) is 13.2 Å². The molecule has 0 bridgehead atoms. The number of thioether (sulfide) groups is 1. The fraction of sp³-hybridized carbons (Fsp3) is 0.400. The molecule has 0 spiro atoms. The van der Waals surface area contributed by atoms with E-state index in [2.05, 4.69) is 27.4 Å². The second kappa shape index (κ2) is 11.8. The van der Waals surface area contributed by atoms with Crippen LogP contribution in [0.1, 0.15) is 5.69 Å². The van der Waals surface area contributed by atoms with Crippen LogP contribution in [0.2, 0.25) is 0 Å². The molecule has 37 heavy (non-hydrogen) atoms. The first-order valence-electron chi connectivity index (χ1n) is 10.5. The number of carbonyl (C=O) groups excluding carboxylic acids is 3. The monoisotopic (exact) mass is 557 g/mol. The van der Waals surface area contributed by atoms with Crippen LogP contribution in [0.3, 0.4) is 0 Å². The lowest BCUT2D eigenvalue weighted by Crippen LogP contribution is -2.71. The predicted octanol–water partition coefficient (Wildman–Crippen LogP) is -2.70. The van der Waals surface area contributed by atoms with Gasteiger partial charge >= 0.3 is 5.97 Å². The number of hydrogen-bond acceptors (Lipinski definition) is 14. The Morgan fingerprint density at radius 3 is 2.57 bits per heavy atom. The Labute approximate surface area is 216 Å². The maximum Gasteiger partial charge on any atom is 0.352 e. The molecule has 3 rings (SSSR count). The van der Waals surface area contributed by atoms with Crippen LogP contribution in [0.15, 0.2) is 34.5 Å². The van der Waals surface area contributed by atoms with Crippen molar-refractivity contribution in [2.45, 2.75) is 29.7 Å². The summed E-state index contributed by atoms with van der Waals surface area (Å²) in [7, 11) is 0. The summed E-state index contributed by atoms with van der Waals surface area (Å²) in [6.45, 7) is 1.86. The lowest BCUT2D eigenvalue weighted by molar-refractivity contribution is -0.150. The molecular weight excluding hydrogens is 534 g/mol. The smallest absolute Gasteiger partial charge is 0.352 e. The number of nitrogens with zero attached hydrogens (tertiary/aromatic N) is 3.